The summed E-state index contributed by atoms with van der Waals surface area (Å²) in [5.74, 6) is 0. The van der Waals surface area contributed by atoms with Crippen LogP contribution in [0.4, 0.5) is 0 Å². The molecule has 0 spiro atoms. The van der Waals surface area contributed by atoms with Crippen molar-refractivity contribution in [1.29, 1.82) is 0 Å². The molecule has 0 fully saturated rings. The average molecular weight is 345 g/mol. The van der Waals surface area contributed by atoms with Crippen molar-refractivity contribution in [2.24, 2.45) is 0 Å². The van der Waals surface area contributed by atoms with Crippen molar-refractivity contribution in [3.63, 3.8) is 0 Å². The first-order chi connectivity index (χ1) is 9.81. The summed E-state index contributed by atoms with van der Waals surface area (Å²) in [7, 11) is 0. The van der Waals surface area contributed by atoms with E-state index in [1.54, 1.807) is 11.3 Å². The first-order valence-electron chi connectivity index (χ1n) is 6.13. The summed E-state index contributed by atoms with van der Waals surface area (Å²) in [6, 6.07) is 14.3. The normalized spacial score (nSPS) is 11.4. The van der Waals surface area contributed by atoms with E-state index in [1.165, 1.54) is 5.56 Å². The van der Waals surface area contributed by atoms with Gasteiger partial charge in [0.2, 0.25) is 0 Å². The number of benzene rings is 2. The van der Waals surface area contributed by atoms with Crippen LogP contribution in [0.25, 0.3) is 21.3 Å². The number of thiazole rings is 1. The number of halogens is 1. The number of aromatic nitrogens is 4. The smallest absolute Gasteiger partial charge is 0.160 e. The Hall–Kier alpha value is -1.79. The fourth-order valence-electron chi connectivity index (χ4n) is 2.27. The van der Waals surface area contributed by atoms with Gasteiger partial charge in [-0.15, -0.1) is 16.4 Å². The highest BCUT2D eigenvalue weighted by atomic mass is 79.9. The van der Waals surface area contributed by atoms with Crippen molar-refractivity contribution < 1.29 is 0 Å². The molecule has 0 aliphatic carbocycles. The summed E-state index contributed by atoms with van der Waals surface area (Å²) in [6.07, 6.45) is 0. The van der Waals surface area contributed by atoms with E-state index in [-0.39, 0.29) is 0 Å². The van der Waals surface area contributed by atoms with E-state index < -0.39 is 0 Å². The Labute approximate surface area is 127 Å². The van der Waals surface area contributed by atoms with Crippen LogP contribution in [0.2, 0.25) is 0 Å². The van der Waals surface area contributed by atoms with Crippen molar-refractivity contribution in [2.45, 2.75) is 6.54 Å². The van der Waals surface area contributed by atoms with Crippen LogP contribution in [0.15, 0.2) is 46.4 Å². The lowest BCUT2D eigenvalue weighted by Gasteiger charge is -2.02. The molecular formula is C14H9BrN4S. The molecule has 0 bridgehead atoms. The molecule has 6 heteroatoms. The molecule has 98 valence electrons. The van der Waals surface area contributed by atoms with Gasteiger partial charge in [-0.1, -0.05) is 35.5 Å². The molecule has 0 N–H and O–H groups in total. The Morgan fingerprint density at radius 3 is 2.80 bits per heavy atom. The van der Waals surface area contributed by atoms with Gasteiger partial charge in [-0.2, -0.15) is 0 Å². The third kappa shape index (κ3) is 1.92. The SMILES string of the molecule is Brc1nc2ccc3c(nnn3Cc3ccccc3)c2s1. The topological polar surface area (TPSA) is 43.6 Å². The molecule has 0 atom stereocenters. The summed E-state index contributed by atoms with van der Waals surface area (Å²) < 4.78 is 3.88. The Kier molecular flexibility index (Phi) is 2.78. The standard InChI is InChI=1S/C14H9BrN4S/c15-14-16-10-6-7-11-12(13(10)20-14)17-18-19(11)8-9-4-2-1-3-5-9/h1-7H,8H2. The maximum absolute atomic E-state index is 4.41. The van der Waals surface area contributed by atoms with E-state index in [1.807, 2.05) is 35.0 Å². The molecule has 0 saturated carbocycles. The van der Waals surface area contributed by atoms with Gasteiger partial charge in [0.25, 0.3) is 0 Å². The van der Waals surface area contributed by atoms with Crippen molar-refractivity contribution >= 4 is 48.5 Å². The van der Waals surface area contributed by atoms with E-state index in [9.17, 15) is 0 Å². The van der Waals surface area contributed by atoms with Crippen LogP contribution in [0.5, 0.6) is 0 Å². The molecule has 2 heterocycles. The van der Waals surface area contributed by atoms with Crippen LogP contribution in [0.3, 0.4) is 0 Å². The first kappa shape index (κ1) is 12.0. The van der Waals surface area contributed by atoms with Crippen LogP contribution in [0.1, 0.15) is 5.56 Å². The Morgan fingerprint density at radius 1 is 1.10 bits per heavy atom. The predicted octanol–water partition coefficient (Wildman–Crippen LogP) is 3.85. The van der Waals surface area contributed by atoms with Crippen molar-refractivity contribution in [3.8, 4) is 0 Å². The lowest BCUT2D eigenvalue weighted by Crippen LogP contribution is -2.01. The number of nitrogens with zero attached hydrogens (tertiary/aromatic N) is 4. The third-order valence-corrected chi connectivity index (χ3v) is 4.72. The molecule has 0 saturated heterocycles. The summed E-state index contributed by atoms with van der Waals surface area (Å²) in [4.78, 5) is 4.41. The van der Waals surface area contributed by atoms with Crippen LogP contribution in [0, 0.1) is 0 Å². The molecular weight excluding hydrogens is 336 g/mol. The molecule has 4 rings (SSSR count). The monoisotopic (exact) mass is 344 g/mol. The molecule has 0 amide bonds. The maximum atomic E-state index is 4.41. The molecule has 0 aliphatic rings. The van der Waals surface area contributed by atoms with Gasteiger partial charge in [0.05, 0.1) is 22.3 Å². The van der Waals surface area contributed by atoms with Crippen molar-refractivity contribution in [2.75, 3.05) is 0 Å². The highest BCUT2D eigenvalue weighted by Gasteiger charge is 2.11. The highest BCUT2D eigenvalue weighted by Crippen LogP contribution is 2.31. The predicted molar refractivity (Wildman–Crippen MR) is 84.0 cm³/mol. The van der Waals surface area contributed by atoms with Gasteiger partial charge in [-0.05, 0) is 33.6 Å². The van der Waals surface area contributed by atoms with Crippen LogP contribution in [-0.4, -0.2) is 20.0 Å². The van der Waals surface area contributed by atoms with E-state index in [2.05, 4.69) is 43.4 Å². The quantitative estimate of drug-likeness (QED) is 0.554. The van der Waals surface area contributed by atoms with E-state index in [4.69, 9.17) is 0 Å². The minimum absolute atomic E-state index is 0.725. The minimum atomic E-state index is 0.725. The molecule has 4 aromatic rings. The van der Waals surface area contributed by atoms with Gasteiger partial charge in [-0.25, -0.2) is 9.67 Å². The van der Waals surface area contributed by atoms with E-state index in [0.29, 0.717) is 0 Å². The average Bonchev–Trinajstić information content (AvgIpc) is 3.02. The Bertz CT molecular complexity index is 897. The number of hydrogen-bond acceptors (Lipinski definition) is 4. The second-order valence-corrected chi connectivity index (χ2v) is 6.76. The number of fused-ring (bicyclic) bond motifs is 3. The van der Waals surface area contributed by atoms with Gasteiger partial charge < -0.3 is 0 Å². The van der Waals surface area contributed by atoms with E-state index in [0.717, 1.165) is 31.7 Å². The fourth-order valence-corrected chi connectivity index (χ4v) is 3.71. The summed E-state index contributed by atoms with van der Waals surface area (Å²) >= 11 is 5.01. The third-order valence-electron chi connectivity index (χ3n) is 3.19. The molecule has 0 radical (unpaired) electrons. The van der Waals surface area contributed by atoms with E-state index >= 15 is 0 Å². The van der Waals surface area contributed by atoms with Gasteiger partial charge in [0.15, 0.2) is 3.92 Å². The Morgan fingerprint density at radius 2 is 1.95 bits per heavy atom. The van der Waals surface area contributed by atoms with Crippen LogP contribution < -0.4 is 0 Å². The molecule has 2 aromatic carbocycles. The summed E-state index contributed by atoms with van der Waals surface area (Å²) in [5.41, 5.74) is 4.13. The molecule has 0 aliphatic heterocycles. The Balaban J connectivity index is 1.87. The largest absolute Gasteiger partial charge is 0.240 e. The molecule has 2 aromatic heterocycles. The highest BCUT2D eigenvalue weighted by molar-refractivity contribution is 9.11. The van der Waals surface area contributed by atoms with Gasteiger partial charge in [0, 0.05) is 0 Å². The molecule has 4 nitrogen and oxygen atoms in total. The van der Waals surface area contributed by atoms with Crippen LogP contribution >= 0.6 is 27.3 Å². The summed E-state index contributed by atoms with van der Waals surface area (Å²) in [5, 5.41) is 8.60. The fraction of sp³-hybridized carbons (Fsp3) is 0.0714. The zero-order valence-electron chi connectivity index (χ0n) is 10.3. The maximum Gasteiger partial charge on any atom is 0.160 e. The van der Waals surface area contributed by atoms with Crippen molar-refractivity contribution in [3.05, 3.63) is 51.9 Å². The number of hydrogen-bond donors (Lipinski definition) is 0. The zero-order chi connectivity index (χ0) is 13.5. The lowest BCUT2D eigenvalue weighted by atomic mass is 10.2. The van der Waals surface area contributed by atoms with Gasteiger partial charge in [0.1, 0.15) is 5.52 Å². The minimum Gasteiger partial charge on any atom is -0.240 e. The van der Waals surface area contributed by atoms with Crippen LogP contribution in [-0.2, 0) is 6.54 Å². The lowest BCUT2D eigenvalue weighted by molar-refractivity contribution is 0.670. The number of rotatable bonds is 2. The molecule has 20 heavy (non-hydrogen) atoms. The zero-order valence-corrected chi connectivity index (χ0v) is 12.7. The van der Waals surface area contributed by atoms with Crippen molar-refractivity contribution in [1.82, 2.24) is 20.0 Å². The van der Waals surface area contributed by atoms with Gasteiger partial charge in [-0.3, -0.25) is 0 Å². The first-order valence-corrected chi connectivity index (χ1v) is 7.74. The second kappa shape index (κ2) is 4.64. The summed E-state index contributed by atoms with van der Waals surface area (Å²) in [6.45, 7) is 0.725. The van der Waals surface area contributed by atoms with Gasteiger partial charge >= 0.3 is 0 Å². The molecule has 0 unspecified atom stereocenters. The second-order valence-electron chi connectivity index (χ2n) is 4.48.